The first-order valence-corrected chi connectivity index (χ1v) is 14.6. The molecule has 44 heavy (non-hydrogen) atoms. The summed E-state index contributed by atoms with van der Waals surface area (Å²) in [6.07, 6.45) is -0.570. The molecule has 0 aliphatic carbocycles. The molecule has 11 nitrogen and oxygen atoms in total. The van der Waals surface area contributed by atoms with Crippen LogP contribution in [0.15, 0.2) is 66.2 Å². The van der Waals surface area contributed by atoms with Gasteiger partial charge in [0.15, 0.2) is 16.8 Å². The van der Waals surface area contributed by atoms with E-state index in [4.69, 9.17) is 0 Å². The van der Waals surface area contributed by atoms with Crippen LogP contribution < -0.4 is 15.0 Å². The molecule has 1 fully saturated rings. The second-order valence-electron chi connectivity index (χ2n) is 10.3. The maximum atomic E-state index is 12.8. The van der Waals surface area contributed by atoms with Gasteiger partial charge in [-0.1, -0.05) is 43.8 Å². The van der Waals surface area contributed by atoms with E-state index in [2.05, 4.69) is 48.9 Å². The van der Waals surface area contributed by atoms with Gasteiger partial charge in [0.2, 0.25) is 0 Å². The zero-order valence-corrected chi connectivity index (χ0v) is 24.8. The lowest BCUT2D eigenvalue weighted by Crippen LogP contribution is -2.35. The molecule has 5 rings (SSSR count). The summed E-state index contributed by atoms with van der Waals surface area (Å²) in [6.45, 7) is 6.13. The number of amides is 2. The minimum absolute atomic E-state index is 0.215. The smallest absolute Gasteiger partial charge is 0.404 e. The first-order chi connectivity index (χ1) is 20.9. The SMILES string of the molecule is Cc1ccc(C(C)C)c(N2/C(=N/C(=O)Nc3ccc(CCc4ncn(-c5ccc(OC(F)(F)F)cn5)n4)cn3)SCC2O)c1. The number of halogens is 3. The van der Waals surface area contributed by atoms with E-state index in [1.165, 1.54) is 28.8 Å². The number of anilines is 2. The lowest BCUT2D eigenvalue weighted by molar-refractivity contribution is -0.274. The number of nitrogens with zero attached hydrogens (tertiary/aromatic N) is 7. The van der Waals surface area contributed by atoms with Crippen molar-refractivity contribution >= 4 is 34.5 Å². The molecule has 0 bridgehead atoms. The fraction of sp³-hybridized carbons (Fsp3) is 0.310. The third-order valence-electron chi connectivity index (χ3n) is 6.56. The van der Waals surface area contributed by atoms with Gasteiger partial charge in [0.05, 0.1) is 6.20 Å². The van der Waals surface area contributed by atoms with Crippen LogP contribution in [0.4, 0.5) is 29.5 Å². The fourth-order valence-corrected chi connectivity index (χ4v) is 5.43. The summed E-state index contributed by atoms with van der Waals surface area (Å²) >= 11 is 1.31. The number of rotatable bonds is 8. The number of amidine groups is 1. The first-order valence-electron chi connectivity index (χ1n) is 13.6. The van der Waals surface area contributed by atoms with Crippen LogP contribution in [-0.2, 0) is 12.8 Å². The highest BCUT2D eigenvalue weighted by Crippen LogP contribution is 2.35. The molecular formula is C29H29F3N8O3S. The van der Waals surface area contributed by atoms with Crippen molar-refractivity contribution in [1.82, 2.24) is 24.7 Å². The van der Waals surface area contributed by atoms with Gasteiger partial charge in [-0.05, 0) is 60.2 Å². The molecule has 1 aromatic carbocycles. The summed E-state index contributed by atoms with van der Waals surface area (Å²) in [6, 6.07) is 11.4. The molecule has 230 valence electrons. The van der Waals surface area contributed by atoms with E-state index in [0.717, 1.165) is 34.6 Å². The lowest BCUT2D eigenvalue weighted by atomic mass is 9.98. The number of carbonyl (C=O) groups is 1. The van der Waals surface area contributed by atoms with Crippen molar-refractivity contribution in [3.63, 3.8) is 0 Å². The van der Waals surface area contributed by atoms with Crippen molar-refractivity contribution < 1.29 is 27.8 Å². The van der Waals surface area contributed by atoms with E-state index in [-0.39, 0.29) is 11.7 Å². The second kappa shape index (κ2) is 13.0. The Morgan fingerprint density at radius 3 is 2.64 bits per heavy atom. The van der Waals surface area contributed by atoms with Gasteiger partial charge in [-0.25, -0.2) is 24.4 Å². The van der Waals surface area contributed by atoms with E-state index in [1.807, 2.05) is 31.2 Å². The molecule has 2 N–H and O–H groups in total. The zero-order valence-electron chi connectivity index (χ0n) is 24.0. The predicted molar refractivity (Wildman–Crippen MR) is 160 cm³/mol. The van der Waals surface area contributed by atoms with Gasteiger partial charge < -0.3 is 9.84 Å². The number of ether oxygens (including phenoxy) is 1. The highest BCUT2D eigenvalue weighted by molar-refractivity contribution is 8.14. The number of hydrogen-bond donors (Lipinski definition) is 2. The Morgan fingerprint density at radius 2 is 1.95 bits per heavy atom. The van der Waals surface area contributed by atoms with Crippen LogP contribution in [-0.4, -0.2) is 59.4 Å². The number of aliphatic imine (C=N–C) groups is 1. The molecule has 1 unspecified atom stereocenters. The Bertz CT molecular complexity index is 1640. The number of carbonyl (C=O) groups excluding carboxylic acids is 1. The molecule has 1 atom stereocenters. The molecule has 4 aromatic rings. The molecule has 15 heteroatoms. The number of aromatic nitrogens is 5. The number of urea groups is 1. The normalized spacial score (nSPS) is 16.1. The largest absolute Gasteiger partial charge is 0.573 e. The van der Waals surface area contributed by atoms with Crippen LogP contribution >= 0.6 is 11.8 Å². The van der Waals surface area contributed by atoms with Crippen molar-refractivity contribution in [2.75, 3.05) is 16.0 Å². The number of nitrogens with one attached hydrogen (secondary N) is 1. The Morgan fingerprint density at radius 1 is 1.14 bits per heavy atom. The monoisotopic (exact) mass is 626 g/mol. The molecule has 1 aliphatic rings. The van der Waals surface area contributed by atoms with Crippen LogP contribution in [0.2, 0.25) is 0 Å². The average Bonchev–Trinajstić information content (AvgIpc) is 3.58. The number of aliphatic hydroxyl groups is 1. The number of thioether (sulfide) groups is 1. The summed E-state index contributed by atoms with van der Waals surface area (Å²) in [5, 5.41) is 18.1. The maximum Gasteiger partial charge on any atom is 0.573 e. The molecule has 4 heterocycles. The van der Waals surface area contributed by atoms with Crippen molar-refractivity contribution in [2.24, 2.45) is 4.99 Å². The number of hydrogen-bond acceptors (Lipinski definition) is 8. The predicted octanol–water partition coefficient (Wildman–Crippen LogP) is 5.63. The van der Waals surface area contributed by atoms with E-state index in [0.29, 0.717) is 35.4 Å². The van der Waals surface area contributed by atoms with Gasteiger partial charge >= 0.3 is 12.4 Å². The van der Waals surface area contributed by atoms with Crippen LogP contribution in [0.1, 0.15) is 42.3 Å². The third-order valence-corrected chi connectivity index (χ3v) is 7.57. The summed E-state index contributed by atoms with van der Waals surface area (Å²) in [5.41, 5.74) is 3.79. The number of alkyl halides is 3. The van der Waals surface area contributed by atoms with Crippen molar-refractivity contribution in [1.29, 1.82) is 0 Å². The number of benzene rings is 1. The molecular weight excluding hydrogens is 597 g/mol. The van der Waals surface area contributed by atoms with E-state index < -0.39 is 24.4 Å². The Kier molecular flexibility index (Phi) is 9.15. The average molecular weight is 627 g/mol. The van der Waals surface area contributed by atoms with E-state index in [9.17, 15) is 23.1 Å². The highest BCUT2D eigenvalue weighted by atomic mass is 32.2. The van der Waals surface area contributed by atoms with Crippen molar-refractivity contribution in [2.45, 2.75) is 52.1 Å². The molecule has 0 spiro atoms. The van der Waals surface area contributed by atoms with Gasteiger partial charge in [0.1, 0.15) is 24.1 Å². The topological polar surface area (TPSA) is 131 Å². The summed E-state index contributed by atoms with van der Waals surface area (Å²) in [5.74, 6) is 1.29. The third kappa shape index (κ3) is 7.71. The van der Waals surface area contributed by atoms with E-state index in [1.54, 1.807) is 17.2 Å². The Hall–Kier alpha value is -4.50. The van der Waals surface area contributed by atoms with Crippen molar-refractivity contribution in [3.8, 4) is 11.6 Å². The second-order valence-corrected chi connectivity index (χ2v) is 11.2. The van der Waals surface area contributed by atoms with Crippen LogP contribution in [0.25, 0.3) is 5.82 Å². The van der Waals surface area contributed by atoms with E-state index >= 15 is 0 Å². The number of aryl methyl sites for hydroxylation is 3. The Balaban J connectivity index is 1.18. The maximum absolute atomic E-state index is 12.8. The van der Waals surface area contributed by atoms with Gasteiger partial charge in [0.25, 0.3) is 0 Å². The molecule has 1 aliphatic heterocycles. The van der Waals surface area contributed by atoms with Gasteiger partial charge in [-0.15, -0.1) is 18.3 Å². The number of aliphatic hydroxyl groups excluding tert-OH is 1. The minimum Gasteiger partial charge on any atom is -0.404 e. The van der Waals surface area contributed by atoms with Gasteiger partial charge in [-0.3, -0.25) is 10.2 Å². The molecule has 0 radical (unpaired) electrons. The zero-order chi connectivity index (χ0) is 31.4. The van der Waals surface area contributed by atoms with Crippen LogP contribution in [0, 0.1) is 6.92 Å². The van der Waals surface area contributed by atoms with Crippen LogP contribution in [0.3, 0.4) is 0 Å². The van der Waals surface area contributed by atoms with Crippen molar-refractivity contribution in [3.05, 3.63) is 83.7 Å². The highest BCUT2D eigenvalue weighted by Gasteiger charge is 2.33. The van der Waals surface area contributed by atoms with Gasteiger partial charge in [0, 0.05) is 24.1 Å². The van der Waals surface area contributed by atoms with Crippen LogP contribution in [0.5, 0.6) is 5.75 Å². The summed E-state index contributed by atoms with van der Waals surface area (Å²) in [4.78, 5) is 31.2. The lowest BCUT2D eigenvalue weighted by Gasteiger charge is -2.26. The summed E-state index contributed by atoms with van der Waals surface area (Å²) < 4.78 is 42.2. The molecule has 0 saturated carbocycles. The minimum atomic E-state index is -4.79. The molecule has 2 amide bonds. The molecule has 1 saturated heterocycles. The molecule has 3 aromatic heterocycles. The summed E-state index contributed by atoms with van der Waals surface area (Å²) in [7, 11) is 0. The standard InChI is InChI=1S/C29H29F3N8O3S/c1-17(2)21-8-4-18(3)12-22(21)40-26(41)15-44-28(40)37-27(42)36-23-9-5-19(13-33-23)6-10-24-35-16-39(38-24)25-11-7-20(14-34-25)43-29(30,31)32/h4-5,7-9,11-14,16-17,26,41H,6,10,15H2,1-3H3,(H,33,36,42)/b37-28-. The number of pyridine rings is 2. The Labute approximate surface area is 255 Å². The quantitative estimate of drug-likeness (QED) is 0.255. The fourth-order valence-electron chi connectivity index (χ4n) is 4.47. The first kappa shape index (κ1) is 30.9. The van der Waals surface area contributed by atoms with Gasteiger partial charge in [-0.2, -0.15) is 4.99 Å².